The molecule has 5 rings (SSSR count). The summed E-state index contributed by atoms with van der Waals surface area (Å²) >= 11 is 0. The Kier molecular flexibility index (Phi) is 12.8. The highest BCUT2D eigenvalue weighted by molar-refractivity contribution is 7.45. The van der Waals surface area contributed by atoms with Gasteiger partial charge < -0.3 is 29.1 Å². The van der Waals surface area contributed by atoms with Crippen LogP contribution in [0.5, 0.6) is 5.75 Å². The van der Waals surface area contributed by atoms with Crippen LogP contribution < -0.4 is 14.6 Å². The number of hydrogen-bond acceptors (Lipinski definition) is 9. The molecule has 0 saturated carbocycles. The number of aromatic nitrogens is 4. The first-order chi connectivity index (χ1) is 23.9. The number of carbonyl (C=O) groups excluding carboxylic acids is 3. The SMILES string of the molecule is CCCCOC(=O)N1CCN(C(=O)[C@H](CCc2c(OCC)ccp2OCC)NC(=O)c2cc(-n3cccn3)nc(-c3ccccc3)n2)CC1. The maximum atomic E-state index is 14.2. The highest BCUT2D eigenvalue weighted by Gasteiger charge is 2.32. The second-order valence-electron chi connectivity index (χ2n) is 11.4. The van der Waals surface area contributed by atoms with Crippen molar-refractivity contribution in [3.8, 4) is 23.0 Å². The standard InChI is InChI=1S/C35H44N7O6P/c1-4-7-23-47-35(45)41-21-19-40(20-22-41)34(44)27(14-15-30-29(46-5-2)16-24-49(30)48-6-3)38-33(43)28-25-31(42-18-11-17-36-42)39-32(37-28)26-12-9-8-10-13-26/h8-13,16-18,24-25,27H,4-7,14-15,19-23H2,1-3H3,(H,38,43)/t27-,49?/m0/s1. The van der Waals surface area contributed by atoms with E-state index in [4.69, 9.17) is 14.0 Å². The molecule has 0 bridgehead atoms. The molecular formula is C35H44N7O6P. The molecule has 14 heteroatoms. The lowest BCUT2D eigenvalue weighted by Gasteiger charge is -2.36. The van der Waals surface area contributed by atoms with Crippen molar-refractivity contribution in [2.45, 2.75) is 52.5 Å². The molecule has 0 radical (unpaired) electrons. The minimum atomic E-state index is -1.02. The van der Waals surface area contributed by atoms with Crippen molar-refractivity contribution in [1.82, 2.24) is 34.9 Å². The fourth-order valence-electron chi connectivity index (χ4n) is 5.49. The van der Waals surface area contributed by atoms with E-state index in [0.29, 0.717) is 70.5 Å². The number of nitrogens with zero attached hydrogens (tertiary/aromatic N) is 6. The van der Waals surface area contributed by atoms with Gasteiger partial charge in [-0.15, -0.1) is 0 Å². The first-order valence-electron chi connectivity index (χ1n) is 16.8. The summed E-state index contributed by atoms with van der Waals surface area (Å²) in [6, 6.07) is 13.7. The average Bonchev–Trinajstić information content (AvgIpc) is 3.81. The van der Waals surface area contributed by atoms with Gasteiger partial charge in [-0.25, -0.2) is 19.4 Å². The Morgan fingerprint density at radius 3 is 2.43 bits per heavy atom. The van der Waals surface area contributed by atoms with E-state index in [1.54, 1.807) is 39.0 Å². The van der Waals surface area contributed by atoms with Gasteiger partial charge in [0.15, 0.2) is 11.6 Å². The maximum Gasteiger partial charge on any atom is 0.409 e. The van der Waals surface area contributed by atoms with Gasteiger partial charge in [0, 0.05) is 63.3 Å². The quantitative estimate of drug-likeness (QED) is 0.171. The highest BCUT2D eigenvalue weighted by atomic mass is 31.1. The summed E-state index contributed by atoms with van der Waals surface area (Å²) in [5, 5.41) is 8.27. The Bertz CT molecular complexity index is 1650. The first kappa shape index (κ1) is 35.6. The van der Waals surface area contributed by atoms with Gasteiger partial charge in [0.1, 0.15) is 17.5 Å². The first-order valence-corrected chi connectivity index (χ1v) is 18.2. The summed E-state index contributed by atoms with van der Waals surface area (Å²) in [5.41, 5.74) is 0.836. The van der Waals surface area contributed by atoms with E-state index in [1.807, 2.05) is 63.0 Å². The molecule has 1 aliphatic heterocycles. The molecular weight excluding hydrogens is 645 g/mol. The van der Waals surface area contributed by atoms with Crippen molar-refractivity contribution in [3.05, 3.63) is 77.7 Å². The van der Waals surface area contributed by atoms with Crippen molar-refractivity contribution in [3.63, 3.8) is 0 Å². The number of rotatable bonds is 15. The average molecular weight is 690 g/mol. The molecule has 4 heterocycles. The fourth-order valence-corrected chi connectivity index (χ4v) is 7.17. The second-order valence-corrected chi connectivity index (χ2v) is 13.1. The van der Waals surface area contributed by atoms with Crippen LogP contribution >= 0.6 is 7.76 Å². The largest absolute Gasteiger partial charge is 0.493 e. The molecule has 4 aromatic rings. The monoisotopic (exact) mass is 689 g/mol. The van der Waals surface area contributed by atoms with E-state index >= 15 is 0 Å². The molecule has 1 aliphatic rings. The zero-order valence-corrected chi connectivity index (χ0v) is 29.2. The van der Waals surface area contributed by atoms with Crippen LogP contribution in [0.3, 0.4) is 0 Å². The minimum absolute atomic E-state index is 0.102. The third kappa shape index (κ3) is 9.24. The molecule has 1 saturated heterocycles. The van der Waals surface area contributed by atoms with Crippen molar-refractivity contribution in [2.24, 2.45) is 0 Å². The number of hydrogen-bond donors (Lipinski definition) is 1. The van der Waals surface area contributed by atoms with Crippen LogP contribution in [-0.4, -0.2) is 99.5 Å². The van der Waals surface area contributed by atoms with Crippen molar-refractivity contribution < 1.29 is 28.4 Å². The third-order valence-electron chi connectivity index (χ3n) is 8.04. The Labute approximate surface area is 287 Å². The zero-order chi connectivity index (χ0) is 34.6. The summed E-state index contributed by atoms with van der Waals surface area (Å²) < 4.78 is 18.8. The second kappa shape index (κ2) is 17.6. The van der Waals surface area contributed by atoms with Gasteiger partial charge in [-0.05, 0) is 51.0 Å². The predicted molar refractivity (Wildman–Crippen MR) is 186 cm³/mol. The minimum Gasteiger partial charge on any atom is -0.493 e. The smallest absolute Gasteiger partial charge is 0.409 e. The lowest BCUT2D eigenvalue weighted by molar-refractivity contribution is -0.135. The molecule has 49 heavy (non-hydrogen) atoms. The Morgan fingerprint density at radius 1 is 0.959 bits per heavy atom. The number of carbonyl (C=O) groups is 3. The van der Waals surface area contributed by atoms with Gasteiger partial charge in [0.05, 0.1) is 19.8 Å². The molecule has 1 N–H and O–H groups in total. The van der Waals surface area contributed by atoms with Gasteiger partial charge in [-0.1, -0.05) is 43.7 Å². The Hall–Kier alpha value is -4.74. The number of nitrogens with one attached hydrogen (secondary N) is 1. The topological polar surface area (TPSA) is 141 Å². The lowest BCUT2D eigenvalue weighted by atomic mass is 10.1. The van der Waals surface area contributed by atoms with Crippen LogP contribution in [0.2, 0.25) is 0 Å². The van der Waals surface area contributed by atoms with Gasteiger partial charge in [-0.2, -0.15) is 5.10 Å². The third-order valence-corrected chi connectivity index (χ3v) is 9.97. The van der Waals surface area contributed by atoms with Gasteiger partial charge in [0.2, 0.25) is 5.91 Å². The van der Waals surface area contributed by atoms with Crippen molar-refractivity contribution >= 4 is 25.7 Å². The Morgan fingerprint density at radius 2 is 1.73 bits per heavy atom. The molecule has 1 aromatic carbocycles. The number of benzene rings is 1. The van der Waals surface area contributed by atoms with Crippen LogP contribution in [0.1, 0.15) is 55.8 Å². The summed E-state index contributed by atoms with van der Waals surface area (Å²) in [7, 11) is -1.02. The molecule has 260 valence electrons. The van der Waals surface area contributed by atoms with E-state index in [-0.39, 0.29) is 17.7 Å². The van der Waals surface area contributed by atoms with Crippen LogP contribution in [0, 0.1) is 0 Å². The normalized spacial score (nSPS) is 14.0. The molecule has 1 fully saturated rings. The molecule has 3 aromatic heterocycles. The fraction of sp³-hybridized carbons (Fsp3) is 0.429. The van der Waals surface area contributed by atoms with Gasteiger partial charge in [-0.3, -0.25) is 9.59 Å². The van der Waals surface area contributed by atoms with Gasteiger partial charge >= 0.3 is 6.09 Å². The van der Waals surface area contributed by atoms with Gasteiger partial charge in [0.25, 0.3) is 5.91 Å². The molecule has 0 spiro atoms. The lowest BCUT2D eigenvalue weighted by Crippen LogP contribution is -2.56. The summed E-state index contributed by atoms with van der Waals surface area (Å²) in [6.45, 7) is 8.65. The van der Waals surface area contributed by atoms with E-state index in [2.05, 4.69) is 20.4 Å². The molecule has 1 unspecified atom stereocenters. The van der Waals surface area contributed by atoms with Crippen LogP contribution in [0.4, 0.5) is 4.79 Å². The van der Waals surface area contributed by atoms with Crippen molar-refractivity contribution in [2.75, 3.05) is 46.0 Å². The maximum absolute atomic E-state index is 14.2. The van der Waals surface area contributed by atoms with Crippen LogP contribution in [0.25, 0.3) is 17.2 Å². The molecule has 13 nitrogen and oxygen atoms in total. The molecule has 2 atom stereocenters. The zero-order valence-electron chi connectivity index (χ0n) is 28.3. The van der Waals surface area contributed by atoms with E-state index < -0.39 is 19.7 Å². The van der Waals surface area contributed by atoms with E-state index in [9.17, 15) is 14.4 Å². The van der Waals surface area contributed by atoms with Crippen LogP contribution in [0.15, 0.2) is 66.7 Å². The van der Waals surface area contributed by atoms with Crippen molar-refractivity contribution in [1.29, 1.82) is 0 Å². The number of piperazine rings is 1. The summed E-state index contributed by atoms with van der Waals surface area (Å²) in [4.78, 5) is 53.3. The van der Waals surface area contributed by atoms with E-state index in [0.717, 1.165) is 29.4 Å². The Balaban J connectivity index is 1.39. The molecule has 0 aliphatic carbocycles. The summed E-state index contributed by atoms with van der Waals surface area (Å²) in [6.07, 6.45) is 5.52. The molecule has 3 amide bonds. The predicted octanol–water partition coefficient (Wildman–Crippen LogP) is 4.98. The number of ether oxygens (including phenoxy) is 2. The summed E-state index contributed by atoms with van der Waals surface area (Å²) in [5.74, 6) is 2.79. The van der Waals surface area contributed by atoms with Crippen LogP contribution in [-0.2, 0) is 16.0 Å². The number of unbranched alkanes of at least 4 members (excludes halogenated alkanes) is 1. The van der Waals surface area contributed by atoms with E-state index in [1.165, 1.54) is 0 Å². The highest BCUT2D eigenvalue weighted by Crippen LogP contribution is 2.41. The number of amides is 3.